The molecular weight excluding hydrogens is 166 g/mol. The van der Waals surface area contributed by atoms with Gasteiger partial charge in [-0.25, -0.2) is 0 Å². The van der Waals surface area contributed by atoms with Gasteiger partial charge < -0.3 is 9.84 Å². The number of rotatable bonds is 4. The number of hydrogen-bond donors (Lipinski definition) is 1. The third kappa shape index (κ3) is 3.13. The molecule has 1 unspecified atom stereocenters. The first-order valence-electron chi connectivity index (χ1n) is 4.42. The van der Waals surface area contributed by atoms with Gasteiger partial charge in [0.25, 0.3) is 0 Å². The molecule has 0 aliphatic rings. The van der Waals surface area contributed by atoms with Crippen LogP contribution >= 0.6 is 0 Å². The Bertz CT molecular complexity index is 246. The fraction of sp³-hybridized carbons (Fsp3) is 0.500. The molecule has 0 bridgehead atoms. The van der Waals surface area contributed by atoms with Crippen LogP contribution in [0.5, 0.6) is 0 Å². The predicted octanol–water partition coefficient (Wildman–Crippen LogP) is 1.46. The van der Waals surface area contributed by atoms with Gasteiger partial charge in [-0.1, -0.05) is 6.07 Å². The van der Waals surface area contributed by atoms with E-state index in [9.17, 15) is 5.11 Å². The van der Waals surface area contributed by atoms with Crippen LogP contribution in [0.4, 0.5) is 0 Å². The maximum atomic E-state index is 9.56. The number of aryl methyl sites for hydroxylation is 1. The Morgan fingerprint density at radius 3 is 2.85 bits per heavy atom. The quantitative estimate of drug-likeness (QED) is 0.764. The van der Waals surface area contributed by atoms with Crippen LogP contribution in [0.1, 0.15) is 24.3 Å². The van der Waals surface area contributed by atoms with Gasteiger partial charge in [0, 0.05) is 12.8 Å². The number of nitrogens with zero attached hydrogens (tertiary/aromatic N) is 1. The second kappa shape index (κ2) is 4.94. The van der Waals surface area contributed by atoms with Crippen molar-refractivity contribution in [3.63, 3.8) is 0 Å². The van der Waals surface area contributed by atoms with E-state index < -0.39 is 6.10 Å². The first-order chi connectivity index (χ1) is 6.24. The molecule has 3 heteroatoms. The third-order valence-electron chi connectivity index (χ3n) is 1.76. The van der Waals surface area contributed by atoms with Crippen LogP contribution in [-0.2, 0) is 4.74 Å². The fourth-order valence-electron chi connectivity index (χ4n) is 0.991. The molecule has 0 aliphatic heterocycles. The summed E-state index contributed by atoms with van der Waals surface area (Å²) < 4.78 is 5.09. The van der Waals surface area contributed by atoms with Crippen LogP contribution in [0.25, 0.3) is 0 Å². The standard InChI is InChI=1S/C10H15NO2/c1-3-13-7-10(12)9-5-4-8(2)6-11-9/h4-6,10,12H,3,7H2,1-2H3. The number of ether oxygens (including phenoxy) is 1. The molecule has 1 aromatic rings. The van der Waals surface area contributed by atoms with Gasteiger partial charge in [0.05, 0.1) is 12.3 Å². The smallest absolute Gasteiger partial charge is 0.119 e. The van der Waals surface area contributed by atoms with E-state index in [0.717, 1.165) is 5.56 Å². The Balaban J connectivity index is 2.55. The van der Waals surface area contributed by atoms with Crippen molar-refractivity contribution in [2.45, 2.75) is 20.0 Å². The lowest BCUT2D eigenvalue weighted by atomic mass is 10.2. The van der Waals surface area contributed by atoms with Crippen LogP contribution in [0.3, 0.4) is 0 Å². The largest absolute Gasteiger partial charge is 0.384 e. The highest BCUT2D eigenvalue weighted by molar-refractivity contribution is 5.13. The van der Waals surface area contributed by atoms with E-state index in [-0.39, 0.29) is 0 Å². The van der Waals surface area contributed by atoms with Crippen LogP contribution < -0.4 is 0 Å². The highest BCUT2D eigenvalue weighted by atomic mass is 16.5. The Kier molecular flexibility index (Phi) is 3.86. The van der Waals surface area contributed by atoms with Crippen molar-refractivity contribution in [2.75, 3.05) is 13.2 Å². The lowest BCUT2D eigenvalue weighted by molar-refractivity contribution is 0.0398. The average Bonchev–Trinajstić information content (AvgIpc) is 2.15. The van der Waals surface area contributed by atoms with Crippen LogP contribution in [0, 0.1) is 6.92 Å². The zero-order valence-corrected chi connectivity index (χ0v) is 8.03. The zero-order valence-electron chi connectivity index (χ0n) is 8.03. The summed E-state index contributed by atoms with van der Waals surface area (Å²) in [5, 5.41) is 9.56. The minimum atomic E-state index is -0.611. The maximum Gasteiger partial charge on any atom is 0.119 e. The Morgan fingerprint density at radius 1 is 1.54 bits per heavy atom. The molecule has 1 atom stereocenters. The molecular formula is C10H15NO2. The van der Waals surface area contributed by atoms with E-state index in [1.54, 1.807) is 6.20 Å². The lowest BCUT2D eigenvalue weighted by Crippen LogP contribution is -2.08. The summed E-state index contributed by atoms with van der Waals surface area (Å²) >= 11 is 0. The minimum Gasteiger partial charge on any atom is -0.384 e. The fourth-order valence-corrected chi connectivity index (χ4v) is 0.991. The molecule has 1 rings (SSSR count). The summed E-state index contributed by atoms with van der Waals surface area (Å²) in [6.45, 7) is 4.79. The van der Waals surface area contributed by atoms with Crippen molar-refractivity contribution in [3.05, 3.63) is 29.6 Å². The van der Waals surface area contributed by atoms with Crippen LogP contribution in [0.15, 0.2) is 18.3 Å². The second-order valence-electron chi connectivity index (χ2n) is 2.94. The van der Waals surface area contributed by atoms with Gasteiger partial charge in [-0.3, -0.25) is 4.98 Å². The van der Waals surface area contributed by atoms with Gasteiger partial charge in [-0.05, 0) is 25.5 Å². The van der Waals surface area contributed by atoms with E-state index in [4.69, 9.17) is 4.74 Å². The average molecular weight is 181 g/mol. The Labute approximate surface area is 78.4 Å². The highest BCUT2D eigenvalue weighted by Crippen LogP contribution is 2.10. The number of pyridine rings is 1. The summed E-state index contributed by atoms with van der Waals surface area (Å²) in [4.78, 5) is 4.10. The molecule has 13 heavy (non-hydrogen) atoms. The highest BCUT2D eigenvalue weighted by Gasteiger charge is 2.07. The zero-order chi connectivity index (χ0) is 9.68. The third-order valence-corrected chi connectivity index (χ3v) is 1.76. The molecule has 3 nitrogen and oxygen atoms in total. The molecule has 0 aromatic carbocycles. The van der Waals surface area contributed by atoms with Crippen molar-refractivity contribution >= 4 is 0 Å². The van der Waals surface area contributed by atoms with Gasteiger partial charge in [0.1, 0.15) is 6.10 Å². The molecule has 0 aliphatic carbocycles. The molecule has 1 N–H and O–H groups in total. The summed E-state index contributed by atoms with van der Waals surface area (Å²) in [5.74, 6) is 0. The molecule has 0 saturated carbocycles. The monoisotopic (exact) mass is 181 g/mol. The van der Waals surface area contributed by atoms with Crippen LogP contribution in [0.2, 0.25) is 0 Å². The topological polar surface area (TPSA) is 42.4 Å². The number of aliphatic hydroxyl groups excluding tert-OH is 1. The first-order valence-corrected chi connectivity index (χ1v) is 4.42. The summed E-state index contributed by atoms with van der Waals surface area (Å²) in [6.07, 6.45) is 1.13. The number of aliphatic hydroxyl groups is 1. The van der Waals surface area contributed by atoms with Gasteiger partial charge in [0.2, 0.25) is 0 Å². The van der Waals surface area contributed by atoms with Crippen molar-refractivity contribution in [1.82, 2.24) is 4.98 Å². The van der Waals surface area contributed by atoms with E-state index in [1.807, 2.05) is 26.0 Å². The first kappa shape index (κ1) is 10.2. The van der Waals surface area contributed by atoms with Gasteiger partial charge in [0.15, 0.2) is 0 Å². The minimum absolute atomic E-state index is 0.312. The number of aromatic nitrogens is 1. The molecule has 0 saturated heterocycles. The van der Waals surface area contributed by atoms with Crippen molar-refractivity contribution < 1.29 is 9.84 Å². The molecule has 1 aromatic heterocycles. The van der Waals surface area contributed by atoms with Crippen molar-refractivity contribution in [2.24, 2.45) is 0 Å². The summed E-state index contributed by atoms with van der Waals surface area (Å²) in [7, 11) is 0. The lowest BCUT2D eigenvalue weighted by Gasteiger charge is -2.09. The van der Waals surface area contributed by atoms with Crippen molar-refractivity contribution in [3.8, 4) is 0 Å². The van der Waals surface area contributed by atoms with Crippen molar-refractivity contribution in [1.29, 1.82) is 0 Å². The van der Waals surface area contributed by atoms with E-state index >= 15 is 0 Å². The van der Waals surface area contributed by atoms with Gasteiger partial charge >= 0.3 is 0 Å². The molecule has 72 valence electrons. The molecule has 0 radical (unpaired) electrons. The van der Waals surface area contributed by atoms with E-state index in [0.29, 0.717) is 18.9 Å². The maximum absolute atomic E-state index is 9.56. The molecule has 0 spiro atoms. The summed E-state index contributed by atoms with van der Waals surface area (Å²) in [5.41, 5.74) is 1.76. The summed E-state index contributed by atoms with van der Waals surface area (Å²) in [6, 6.07) is 3.75. The Morgan fingerprint density at radius 2 is 2.31 bits per heavy atom. The van der Waals surface area contributed by atoms with E-state index in [2.05, 4.69) is 4.98 Å². The number of hydrogen-bond acceptors (Lipinski definition) is 3. The normalized spacial score (nSPS) is 12.8. The second-order valence-corrected chi connectivity index (χ2v) is 2.94. The Hall–Kier alpha value is -0.930. The molecule has 1 heterocycles. The van der Waals surface area contributed by atoms with Crippen LogP contribution in [-0.4, -0.2) is 23.3 Å². The van der Waals surface area contributed by atoms with E-state index in [1.165, 1.54) is 0 Å². The van der Waals surface area contributed by atoms with Gasteiger partial charge in [-0.15, -0.1) is 0 Å². The molecule has 0 amide bonds. The predicted molar refractivity (Wildman–Crippen MR) is 50.4 cm³/mol. The van der Waals surface area contributed by atoms with Gasteiger partial charge in [-0.2, -0.15) is 0 Å². The SMILES string of the molecule is CCOCC(O)c1ccc(C)cn1. The molecule has 0 fully saturated rings.